The number of rotatable bonds is 4. The molecule has 0 spiro atoms. The molecule has 22 heavy (non-hydrogen) atoms. The molecule has 116 valence electrons. The van der Waals surface area contributed by atoms with E-state index < -0.39 is 17.7 Å². The van der Waals surface area contributed by atoms with Crippen LogP contribution >= 0.6 is 0 Å². The summed E-state index contributed by atoms with van der Waals surface area (Å²) in [5, 5.41) is 0. The van der Waals surface area contributed by atoms with E-state index in [-0.39, 0.29) is 17.9 Å². The van der Waals surface area contributed by atoms with Gasteiger partial charge < -0.3 is 9.47 Å². The van der Waals surface area contributed by atoms with Crippen LogP contribution in [0.15, 0.2) is 48.5 Å². The van der Waals surface area contributed by atoms with Crippen LogP contribution < -0.4 is 4.74 Å². The van der Waals surface area contributed by atoms with Crippen molar-refractivity contribution in [3.05, 3.63) is 65.2 Å². The number of ether oxygens (including phenoxy) is 2. The number of halogens is 3. The zero-order valence-electron chi connectivity index (χ0n) is 11.7. The van der Waals surface area contributed by atoms with E-state index >= 15 is 0 Å². The Morgan fingerprint density at radius 2 is 1.77 bits per heavy atom. The van der Waals surface area contributed by atoms with Gasteiger partial charge in [0.25, 0.3) is 0 Å². The van der Waals surface area contributed by atoms with Gasteiger partial charge in [-0.3, -0.25) is 0 Å². The molecular weight excluding hydrogens is 297 g/mol. The smallest absolute Gasteiger partial charge is 0.419 e. The number of hydrogen-bond acceptors (Lipinski definition) is 3. The van der Waals surface area contributed by atoms with Crippen LogP contribution in [0.2, 0.25) is 0 Å². The Morgan fingerprint density at radius 3 is 2.36 bits per heavy atom. The second kappa shape index (κ2) is 6.51. The molecule has 0 atom stereocenters. The minimum Gasteiger partial charge on any atom is -0.488 e. The van der Waals surface area contributed by atoms with Crippen LogP contribution in [-0.4, -0.2) is 13.1 Å². The first-order valence-corrected chi connectivity index (χ1v) is 6.38. The summed E-state index contributed by atoms with van der Waals surface area (Å²) in [7, 11) is 1.11. The summed E-state index contributed by atoms with van der Waals surface area (Å²) in [5.74, 6) is -1.16. The van der Waals surface area contributed by atoms with Crippen LogP contribution in [0.3, 0.4) is 0 Å². The Balaban J connectivity index is 2.28. The van der Waals surface area contributed by atoms with Crippen molar-refractivity contribution in [1.82, 2.24) is 0 Å². The van der Waals surface area contributed by atoms with Crippen molar-refractivity contribution in [3.8, 4) is 5.75 Å². The fourth-order valence-electron chi connectivity index (χ4n) is 1.86. The summed E-state index contributed by atoms with van der Waals surface area (Å²) in [6, 6.07) is 11.9. The van der Waals surface area contributed by atoms with Crippen molar-refractivity contribution < 1.29 is 27.4 Å². The molecule has 0 unspecified atom stereocenters. The largest absolute Gasteiger partial charge is 0.488 e. The highest BCUT2D eigenvalue weighted by Crippen LogP contribution is 2.37. The molecule has 0 saturated carbocycles. The quantitative estimate of drug-likeness (QED) is 0.799. The third-order valence-corrected chi connectivity index (χ3v) is 2.94. The van der Waals surface area contributed by atoms with Gasteiger partial charge in [-0.05, 0) is 23.8 Å². The Hall–Kier alpha value is -2.50. The van der Waals surface area contributed by atoms with E-state index in [2.05, 4.69) is 4.74 Å². The molecule has 2 rings (SSSR count). The van der Waals surface area contributed by atoms with Crippen molar-refractivity contribution in [1.29, 1.82) is 0 Å². The summed E-state index contributed by atoms with van der Waals surface area (Å²) >= 11 is 0. The first-order chi connectivity index (χ1) is 10.4. The zero-order chi connectivity index (χ0) is 16.2. The van der Waals surface area contributed by atoms with Gasteiger partial charge in [0, 0.05) is 0 Å². The molecule has 0 radical (unpaired) electrons. The summed E-state index contributed by atoms with van der Waals surface area (Å²) < 4.78 is 48.9. The summed E-state index contributed by atoms with van der Waals surface area (Å²) in [6.07, 6.45) is -4.63. The van der Waals surface area contributed by atoms with E-state index in [0.29, 0.717) is 0 Å². The molecule has 6 heteroatoms. The lowest BCUT2D eigenvalue weighted by Crippen LogP contribution is -2.11. The van der Waals surface area contributed by atoms with Crippen LogP contribution in [-0.2, 0) is 17.5 Å². The van der Waals surface area contributed by atoms with Crippen LogP contribution in [0.5, 0.6) is 5.75 Å². The summed E-state index contributed by atoms with van der Waals surface area (Å²) in [5.41, 5.74) is -0.444. The second-order valence-corrected chi connectivity index (χ2v) is 4.47. The number of carbonyl (C=O) groups excluding carboxylic acids is 1. The zero-order valence-corrected chi connectivity index (χ0v) is 11.7. The lowest BCUT2D eigenvalue weighted by Gasteiger charge is -2.15. The normalized spacial score (nSPS) is 11.1. The lowest BCUT2D eigenvalue weighted by molar-refractivity contribution is -0.139. The van der Waals surface area contributed by atoms with Crippen LogP contribution in [0, 0.1) is 0 Å². The minimum absolute atomic E-state index is 0.00148. The Labute approximate surface area is 125 Å². The molecule has 0 aromatic heterocycles. The van der Waals surface area contributed by atoms with Gasteiger partial charge in [0.1, 0.15) is 12.4 Å². The molecule has 0 aliphatic heterocycles. The topological polar surface area (TPSA) is 35.5 Å². The average Bonchev–Trinajstić information content (AvgIpc) is 2.52. The Morgan fingerprint density at radius 1 is 1.09 bits per heavy atom. The molecule has 0 saturated heterocycles. The Bertz CT molecular complexity index is 651. The molecular formula is C16H13F3O3. The van der Waals surface area contributed by atoms with Crippen molar-refractivity contribution in [3.63, 3.8) is 0 Å². The number of hydrogen-bond donors (Lipinski definition) is 0. The van der Waals surface area contributed by atoms with Gasteiger partial charge in [-0.25, -0.2) is 4.79 Å². The van der Waals surface area contributed by atoms with Crippen molar-refractivity contribution in [2.75, 3.05) is 7.11 Å². The van der Waals surface area contributed by atoms with Crippen LogP contribution in [0.25, 0.3) is 0 Å². The molecule has 3 nitrogen and oxygen atoms in total. The fraction of sp³-hybridized carbons (Fsp3) is 0.188. The predicted octanol–water partition coefficient (Wildman–Crippen LogP) is 4.07. The monoisotopic (exact) mass is 310 g/mol. The third kappa shape index (κ3) is 3.78. The van der Waals surface area contributed by atoms with Gasteiger partial charge in [0.15, 0.2) is 0 Å². The lowest BCUT2D eigenvalue weighted by atomic mass is 10.1. The standard InChI is InChI=1S/C16H13F3O3/c1-21-15(20)12-7-8-14(13(9-12)16(17,18)19)22-10-11-5-3-2-4-6-11/h2-9H,10H2,1H3. The van der Waals surface area contributed by atoms with Gasteiger partial charge in [-0.15, -0.1) is 0 Å². The first kappa shape index (κ1) is 15.9. The summed E-state index contributed by atoms with van der Waals surface area (Å²) in [4.78, 5) is 11.4. The number of benzene rings is 2. The van der Waals surface area contributed by atoms with Gasteiger partial charge in [-0.2, -0.15) is 13.2 Å². The molecule has 2 aromatic carbocycles. The number of carbonyl (C=O) groups is 1. The number of esters is 1. The van der Waals surface area contributed by atoms with E-state index in [1.54, 1.807) is 30.3 Å². The van der Waals surface area contributed by atoms with Crippen LogP contribution in [0.1, 0.15) is 21.5 Å². The Kier molecular flexibility index (Phi) is 4.70. The highest BCUT2D eigenvalue weighted by atomic mass is 19.4. The molecule has 0 amide bonds. The molecule has 0 heterocycles. The highest BCUT2D eigenvalue weighted by molar-refractivity contribution is 5.89. The van der Waals surface area contributed by atoms with E-state index in [9.17, 15) is 18.0 Å². The molecule has 0 bridgehead atoms. The van der Waals surface area contributed by atoms with Gasteiger partial charge >= 0.3 is 12.1 Å². The number of alkyl halides is 3. The van der Waals surface area contributed by atoms with E-state index in [1.807, 2.05) is 0 Å². The maximum Gasteiger partial charge on any atom is 0.419 e. The average molecular weight is 310 g/mol. The molecule has 2 aromatic rings. The van der Waals surface area contributed by atoms with Gasteiger partial charge in [0.2, 0.25) is 0 Å². The fourth-order valence-corrected chi connectivity index (χ4v) is 1.86. The maximum absolute atomic E-state index is 13.1. The number of methoxy groups -OCH3 is 1. The third-order valence-electron chi connectivity index (χ3n) is 2.94. The van der Waals surface area contributed by atoms with E-state index in [4.69, 9.17) is 4.74 Å². The van der Waals surface area contributed by atoms with Crippen molar-refractivity contribution >= 4 is 5.97 Å². The predicted molar refractivity (Wildman–Crippen MR) is 73.6 cm³/mol. The minimum atomic E-state index is -4.63. The van der Waals surface area contributed by atoms with Crippen molar-refractivity contribution in [2.24, 2.45) is 0 Å². The van der Waals surface area contributed by atoms with Crippen LogP contribution in [0.4, 0.5) is 13.2 Å². The molecule has 0 aliphatic carbocycles. The van der Waals surface area contributed by atoms with E-state index in [0.717, 1.165) is 24.8 Å². The first-order valence-electron chi connectivity index (χ1n) is 6.38. The molecule has 0 fully saturated rings. The molecule has 0 N–H and O–H groups in total. The van der Waals surface area contributed by atoms with Gasteiger partial charge in [0.05, 0.1) is 18.2 Å². The SMILES string of the molecule is COC(=O)c1ccc(OCc2ccccc2)c(C(F)(F)F)c1. The van der Waals surface area contributed by atoms with Gasteiger partial charge in [-0.1, -0.05) is 30.3 Å². The highest BCUT2D eigenvalue weighted by Gasteiger charge is 2.35. The maximum atomic E-state index is 13.1. The van der Waals surface area contributed by atoms with Crippen molar-refractivity contribution in [2.45, 2.75) is 12.8 Å². The van der Waals surface area contributed by atoms with E-state index in [1.165, 1.54) is 6.07 Å². The summed E-state index contributed by atoms with van der Waals surface area (Å²) in [6.45, 7) is 0.00148. The molecule has 0 aliphatic rings. The second-order valence-electron chi connectivity index (χ2n) is 4.47.